The molecule has 0 aliphatic heterocycles. The van der Waals surface area contributed by atoms with Crippen molar-refractivity contribution < 1.29 is 4.42 Å². The van der Waals surface area contributed by atoms with Crippen molar-refractivity contribution in [2.75, 3.05) is 6.54 Å². The molecule has 4 nitrogen and oxygen atoms in total. The number of fused-ring (bicyclic) bond motifs is 1. The summed E-state index contributed by atoms with van der Waals surface area (Å²) in [7, 11) is 0. The molecule has 2 heterocycles. The molecule has 0 bridgehead atoms. The molecular formula is C15H15N3O. The summed E-state index contributed by atoms with van der Waals surface area (Å²) < 4.78 is 5.54. The van der Waals surface area contributed by atoms with E-state index >= 15 is 0 Å². The summed E-state index contributed by atoms with van der Waals surface area (Å²) in [5.41, 5.74) is 9.28. The number of aryl methyl sites for hydroxylation is 1. The maximum Gasteiger partial charge on any atom is 0.163 e. The zero-order valence-electron chi connectivity index (χ0n) is 10.8. The number of hydrogen-bond donors (Lipinski definition) is 1. The Morgan fingerprint density at radius 2 is 2.05 bits per heavy atom. The van der Waals surface area contributed by atoms with Gasteiger partial charge in [-0.3, -0.25) is 0 Å². The van der Waals surface area contributed by atoms with Crippen molar-refractivity contribution in [3.05, 3.63) is 48.0 Å². The van der Waals surface area contributed by atoms with Crippen LogP contribution in [0.2, 0.25) is 0 Å². The van der Waals surface area contributed by atoms with E-state index in [1.54, 1.807) is 6.26 Å². The van der Waals surface area contributed by atoms with Crippen LogP contribution in [0, 0.1) is 6.92 Å². The first-order valence-corrected chi connectivity index (χ1v) is 6.29. The fourth-order valence-electron chi connectivity index (χ4n) is 2.18. The summed E-state index contributed by atoms with van der Waals surface area (Å²) in [5.74, 6) is 0.702. The first kappa shape index (κ1) is 11.9. The maximum atomic E-state index is 5.59. The van der Waals surface area contributed by atoms with Gasteiger partial charge in [-0.15, -0.1) is 0 Å². The van der Waals surface area contributed by atoms with E-state index in [1.165, 1.54) is 0 Å². The zero-order chi connectivity index (χ0) is 13.2. The van der Waals surface area contributed by atoms with Crippen LogP contribution in [0.3, 0.4) is 0 Å². The van der Waals surface area contributed by atoms with Gasteiger partial charge in [0.05, 0.1) is 5.56 Å². The van der Waals surface area contributed by atoms with Crippen LogP contribution >= 0.6 is 0 Å². The molecule has 1 aromatic carbocycles. The number of furan rings is 1. The SMILES string of the molecule is Cc1cc(CCN)nc(-c2coc3ccccc23)n1. The summed E-state index contributed by atoms with van der Waals surface area (Å²) in [5, 5.41) is 1.03. The molecule has 0 radical (unpaired) electrons. The second kappa shape index (κ2) is 4.82. The van der Waals surface area contributed by atoms with E-state index < -0.39 is 0 Å². The van der Waals surface area contributed by atoms with Crippen molar-refractivity contribution >= 4 is 11.0 Å². The third-order valence-electron chi connectivity index (χ3n) is 3.03. The number of hydrogen-bond acceptors (Lipinski definition) is 4. The van der Waals surface area contributed by atoms with E-state index in [2.05, 4.69) is 9.97 Å². The average Bonchev–Trinajstić information content (AvgIpc) is 2.82. The minimum Gasteiger partial charge on any atom is -0.464 e. The predicted octanol–water partition coefficient (Wildman–Crippen LogP) is 2.70. The molecule has 2 aromatic heterocycles. The molecule has 0 spiro atoms. The number of nitrogens with zero attached hydrogens (tertiary/aromatic N) is 2. The van der Waals surface area contributed by atoms with Crippen molar-refractivity contribution in [3.63, 3.8) is 0 Å². The van der Waals surface area contributed by atoms with Crippen molar-refractivity contribution in [2.45, 2.75) is 13.3 Å². The van der Waals surface area contributed by atoms with Crippen molar-refractivity contribution in [3.8, 4) is 11.4 Å². The number of benzene rings is 1. The summed E-state index contributed by atoms with van der Waals surface area (Å²) >= 11 is 0. The topological polar surface area (TPSA) is 64.9 Å². The van der Waals surface area contributed by atoms with Crippen LogP contribution in [0.1, 0.15) is 11.4 Å². The van der Waals surface area contributed by atoms with Gasteiger partial charge >= 0.3 is 0 Å². The minimum atomic E-state index is 0.585. The quantitative estimate of drug-likeness (QED) is 0.779. The molecule has 0 aliphatic carbocycles. The van der Waals surface area contributed by atoms with E-state index in [-0.39, 0.29) is 0 Å². The third kappa shape index (κ3) is 2.22. The highest BCUT2D eigenvalue weighted by molar-refractivity contribution is 5.91. The zero-order valence-corrected chi connectivity index (χ0v) is 10.8. The van der Waals surface area contributed by atoms with Gasteiger partial charge in [0.1, 0.15) is 11.8 Å². The van der Waals surface area contributed by atoms with E-state index in [4.69, 9.17) is 10.2 Å². The van der Waals surface area contributed by atoms with E-state index in [0.717, 1.165) is 34.3 Å². The van der Waals surface area contributed by atoms with Crippen LogP contribution in [0.4, 0.5) is 0 Å². The standard InChI is InChI=1S/C15H15N3O/c1-10-8-11(6-7-16)18-15(17-10)13-9-19-14-5-3-2-4-12(13)14/h2-5,8-9H,6-7,16H2,1H3. The Morgan fingerprint density at radius 3 is 2.89 bits per heavy atom. The van der Waals surface area contributed by atoms with Gasteiger partial charge in [-0.2, -0.15) is 0 Å². The average molecular weight is 253 g/mol. The molecular weight excluding hydrogens is 238 g/mol. The van der Waals surface area contributed by atoms with E-state index in [9.17, 15) is 0 Å². The molecule has 0 unspecified atom stereocenters. The second-order valence-electron chi connectivity index (χ2n) is 4.51. The van der Waals surface area contributed by atoms with Crippen LogP contribution in [0.25, 0.3) is 22.4 Å². The van der Waals surface area contributed by atoms with Gasteiger partial charge in [-0.1, -0.05) is 18.2 Å². The molecule has 0 atom stereocenters. The van der Waals surface area contributed by atoms with Crippen LogP contribution < -0.4 is 5.73 Å². The fraction of sp³-hybridized carbons (Fsp3) is 0.200. The number of rotatable bonds is 3. The first-order valence-electron chi connectivity index (χ1n) is 6.29. The lowest BCUT2D eigenvalue weighted by atomic mass is 10.1. The van der Waals surface area contributed by atoms with Gasteiger partial charge in [-0.25, -0.2) is 9.97 Å². The lowest BCUT2D eigenvalue weighted by Crippen LogP contribution is -2.06. The molecule has 96 valence electrons. The monoisotopic (exact) mass is 253 g/mol. The Balaban J connectivity index is 2.15. The Bertz CT molecular complexity index is 718. The number of aromatic nitrogens is 2. The first-order chi connectivity index (χ1) is 9.28. The molecule has 0 saturated heterocycles. The van der Waals surface area contributed by atoms with Gasteiger partial charge in [0.15, 0.2) is 5.82 Å². The third-order valence-corrected chi connectivity index (χ3v) is 3.03. The highest BCUT2D eigenvalue weighted by atomic mass is 16.3. The predicted molar refractivity (Wildman–Crippen MR) is 74.7 cm³/mol. The lowest BCUT2D eigenvalue weighted by molar-refractivity contribution is 0.616. The van der Waals surface area contributed by atoms with Crippen LogP contribution in [-0.4, -0.2) is 16.5 Å². The maximum absolute atomic E-state index is 5.59. The van der Waals surface area contributed by atoms with Crippen molar-refractivity contribution in [1.82, 2.24) is 9.97 Å². The largest absolute Gasteiger partial charge is 0.464 e. The van der Waals surface area contributed by atoms with Crippen LogP contribution in [0.15, 0.2) is 41.0 Å². The van der Waals surface area contributed by atoms with E-state index in [0.29, 0.717) is 12.4 Å². The van der Waals surface area contributed by atoms with Crippen molar-refractivity contribution in [1.29, 1.82) is 0 Å². The van der Waals surface area contributed by atoms with Gasteiger partial charge in [0.25, 0.3) is 0 Å². The van der Waals surface area contributed by atoms with Crippen molar-refractivity contribution in [2.24, 2.45) is 5.73 Å². The Morgan fingerprint density at radius 1 is 1.21 bits per heavy atom. The molecule has 0 aliphatic rings. The van der Waals surface area contributed by atoms with Gasteiger partial charge < -0.3 is 10.2 Å². The van der Waals surface area contributed by atoms with Gasteiger partial charge in [-0.05, 0) is 25.6 Å². The minimum absolute atomic E-state index is 0.585. The van der Waals surface area contributed by atoms with E-state index in [1.807, 2.05) is 37.3 Å². The smallest absolute Gasteiger partial charge is 0.163 e. The molecule has 0 amide bonds. The molecule has 0 saturated carbocycles. The molecule has 19 heavy (non-hydrogen) atoms. The summed E-state index contributed by atoms with van der Waals surface area (Å²) in [4.78, 5) is 9.06. The second-order valence-corrected chi connectivity index (χ2v) is 4.51. The summed E-state index contributed by atoms with van der Waals surface area (Å²) in [6.07, 6.45) is 2.47. The van der Waals surface area contributed by atoms with Gasteiger partial charge in [0.2, 0.25) is 0 Å². The molecule has 0 fully saturated rings. The summed E-state index contributed by atoms with van der Waals surface area (Å²) in [6.45, 7) is 2.55. The molecule has 3 aromatic rings. The summed E-state index contributed by atoms with van der Waals surface area (Å²) in [6, 6.07) is 9.86. The fourth-order valence-corrected chi connectivity index (χ4v) is 2.18. The normalized spacial score (nSPS) is 11.1. The number of nitrogens with two attached hydrogens (primary N) is 1. The van der Waals surface area contributed by atoms with Gasteiger partial charge in [0, 0.05) is 23.2 Å². The Labute approximate surface area is 111 Å². The van der Waals surface area contributed by atoms with Crippen LogP contribution in [0.5, 0.6) is 0 Å². The molecule has 4 heteroatoms. The lowest BCUT2D eigenvalue weighted by Gasteiger charge is -2.04. The highest BCUT2D eigenvalue weighted by Crippen LogP contribution is 2.28. The number of para-hydroxylation sites is 1. The highest BCUT2D eigenvalue weighted by Gasteiger charge is 2.11. The Kier molecular flexibility index (Phi) is 3.01. The van der Waals surface area contributed by atoms with Crippen LogP contribution in [-0.2, 0) is 6.42 Å². The molecule has 2 N–H and O–H groups in total. The Hall–Kier alpha value is -2.20. The molecule has 3 rings (SSSR count).